The summed E-state index contributed by atoms with van der Waals surface area (Å²) in [6, 6.07) is 2.00. The molecule has 2 aromatic rings. The average Bonchev–Trinajstić information content (AvgIpc) is 3.17. The molecule has 126 valence electrons. The second-order valence-corrected chi connectivity index (χ2v) is 6.03. The Morgan fingerprint density at radius 1 is 0.917 bits per heavy atom. The molecule has 8 nitrogen and oxygen atoms in total. The number of nitrogens with two attached hydrogens (primary N) is 1. The van der Waals surface area contributed by atoms with Crippen molar-refractivity contribution in [3.8, 4) is 11.3 Å². The number of ether oxygens (including phenoxy) is 1. The van der Waals surface area contributed by atoms with E-state index in [2.05, 4.69) is 19.8 Å². The van der Waals surface area contributed by atoms with Gasteiger partial charge in [-0.3, -0.25) is 0 Å². The van der Waals surface area contributed by atoms with Crippen molar-refractivity contribution in [2.24, 2.45) is 0 Å². The van der Waals surface area contributed by atoms with Gasteiger partial charge in [-0.25, -0.2) is 15.0 Å². The predicted molar refractivity (Wildman–Crippen MR) is 91.9 cm³/mol. The minimum atomic E-state index is 0.265. The molecule has 4 heterocycles. The molecule has 0 spiro atoms. The van der Waals surface area contributed by atoms with Crippen LogP contribution in [-0.2, 0) is 4.74 Å². The lowest BCUT2D eigenvalue weighted by atomic mass is 10.2. The van der Waals surface area contributed by atoms with Crippen molar-refractivity contribution in [1.29, 1.82) is 0 Å². The largest absolute Gasteiger partial charge is 0.378 e. The zero-order chi connectivity index (χ0) is 16.4. The first-order chi connectivity index (χ1) is 11.8. The van der Waals surface area contributed by atoms with Crippen LogP contribution < -0.4 is 15.5 Å². The van der Waals surface area contributed by atoms with Gasteiger partial charge in [0, 0.05) is 50.2 Å². The number of rotatable bonds is 3. The molecule has 2 N–H and O–H groups in total. The van der Waals surface area contributed by atoms with Gasteiger partial charge < -0.3 is 20.3 Å². The third kappa shape index (κ3) is 3.09. The summed E-state index contributed by atoms with van der Waals surface area (Å²) < 4.78 is 5.45. The molecule has 2 fully saturated rings. The maximum Gasteiger partial charge on any atom is 0.227 e. The Bertz CT molecular complexity index is 694. The highest BCUT2D eigenvalue weighted by Crippen LogP contribution is 2.26. The van der Waals surface area contributed by atoms with Crippen molar-refractivity contribution >= 4 is 17.7 Å². The van der Waals surface area contributed by atoms with Crippen LogP contribution in [0.15, 0.2) is 18.5 Å². The second kappa shape index (κ2) is 6.56. The number of nitrogen functional groups attached to an aromatic ring is 1. The number of hydrogen-bond acceptors (Lipinski definition) is 8. The Morgan fingerprint density at radius 2 is 1.62 bits per heavy atom. The first kappa shape index (κ1) is 15.1. The fourth-order valence-electron chi connectivity index (χ4n) is 3.05. The van der Waals surface area contributed by atoms with E-state index in [0.29, 0.717) is 0 Å². The van der Waals surface area contributed by atoms with Gasteiger partial charge in [-0.15, -0.1) is 0 Å². The summed E-state index contributed by atoms with van der Waals surface area (Å²) in [4.78, 5) is 22.2. The molecule has 0 bridgehead atoms. The number of anilines is 3. The zero-order valence-electron chi connectivity index (χ0n) is 13.6. The Kier molecular flexibility index (Phi) is 4.12. The molecule has 2 aromatic heterocycles. The van der Waals surface area contributed by atoms with Gasteiger partial charge in [0.25, 0.3) is 0 Å². The van der Waals surface area contributed by atoms with Crippen molar-refractivity contribution in [3.05, 3.63) is 18.5 Å². The van der Waals surface area contributed by atoms with E-state index in [1.807, 2.05) is 6.07 Å². The first-order valence-electron chi connectivity index (χ1n) is 8.34. The first-order valence-corrected chi connectivity index (χ1v) is 8.34. The van der Waals surface area contributed by atoms with E-state index in [1.54, 1.807) is 12.4 Å². The number of aromatic nitrogens is 4. The number of nitrogens with zero attached hydrogens (tertiary/aromatic N) is 6. The Morgan fingerprint density at radius 3 is 2.33 bits per heavy atom. The molecule has 2 saturated heterocycles. The topological polar surface area (TPSA) is 93.3 Å². The molecule has 2 aliphatic heterocycles. The summed E-state index contributed by atoms with van der Waals surface area (Å²) in [6.45, 7) is 5.14. The minimum absolute atomic E-state index is 0.265. The highest BCUT2D eigenvalue weighted by molar-refractivity contribution is 5.64. The second-order valence-electron chi connectivity index (χ2n) is 6.03. The van der Waals surface area contributed by atoms with E-state index in [-0.39, 0.29) is 5.95 Å². The average molecular weight is 327 g/mol. The van der Waals surface area contributed by atoms with E-state index in [0.717, 1.165) is 62.4 Å². The van der Waals surface area contributed by atoms with E-state index in [4.69, 9.17) is 20.4 Å². The van der Waals surface area contributed by atoms with Crippen LogP contribution in [-0.4, -0.2) is 59.3 Å². The number of morpholine rings is 1. The van der Waals surface area contributed by atoms with E-state index in [9.17, 15) is 0 Å². The van der Waals surface area contributed by atoms with Gasteiger partial charge in [-0.05, 0) is 12.8 Å². The van der Waals surface area contributed by atoms with Gasteiger partial charge in [-0.2, -0.15) is 4.98 Å². The molecular formula is C16H21N7O. The molecular weight excluding hydrogens is 306 g/mol. The van der Waals surface area contributed by atoms with Gasteiger partial charge in [0.05, 0.1) is 18.9 Å². The van der Waals surface area contributed by atoms with E-state index in [1.165, 1.54) is 12.8 Å². The van der Waals surface area contributed by atoms with Crippen LogP contribution in [0.1, 0.15) is 12.8 Å². The molecule has 24 heavy (non-hydrogen) atoms. The smallest absolute Gasteiger partial charge is 0.227 e. The molecule has 4 rings (SSSR count). The van der Waals surface area contributed by atoms with Crippen LogP contribution in [0.3, 0.4) is 0 Å². The SMILES string of the molecule is Nc1ncc(-c2cc(N3CCOCC3)nc(N3CCCC3)n2)cn1. The van der Waals surface area contributed by atoms with Crippen LogP contribution in [0.5, 0.6) is 0 Å². The Labute approximate surface area is 140 Å². The van der Waals surface area contributed by atoms with Crippen molar-refractivity contribution in [1.82, 2.24) is 19.9 Å². The van der Waals surface area contributed by atoms with E-state index >= 15 is 0 Å². The molecule has 0 atom stereocenters. The molecule has 0 unspecified atom stereocenters. The summed E-state index contributed by atoms with van der Waals surface area (Å²) in [6.07, 6.45) is 5.79. The van der Waals surface area contributed by atoms with Crippen molar-refractivity contribution in [2.75, 3.05) is 54.9 Å². The molecule has 8 heteroatoms. The van der Waals surface area contributed by atoms with Crippen molar-refractivity contribution < 1.29 is 4.74 Å². The summed E-state index contributed by atoms with van der Waals surface area (Å²) >= 11 is 0. The molecule has 0 aliphatic carbocycles. The minimum Gasteiger partial charge on any atom is -0.378 e. The van der Waals surface area contributed by atoms with Gasteiger partial charge in [0.2, 0.25) is 11.9 Å². The molecule has 0 aromatic carbocycles. The summed E-state index contributed by atoms with van der Waals surface area (Å²) in [5.74, 6) is 1.98. The fraction of sp³-hybridized carbons (Fsp3) is 0.500. The van der Waals surface area contributed by atoms with Gasteiger partial charge in [-0.1, -0.05) is 0 Å². The van der Waals surface area contributed by atoms with Gasteiger partial charge >= 0.3 is 0 Å². The Hall–Kier alpha value is -2.48. The monoisotopic (exact) mass is 327 g/mol. The standard InChI is InChI=1S/C16H21N7O/c17-15-18-10-12(11-19-15)13-9-14(22-5-7-24-8-6-22)21-16(20-13)23-3-1-2-4-23/h9-11H,1-8H2,(H2,17,18,19). The van der Waals surface area contributed by atoms with Crippen molar-refractivity contribution in [3.63, 3.8) is 0 Å². The summed E-state index contributed by atoms with van der Waals surface area (Å²) in [5.41, 5.74) is 7.27. The molecule has 0 amide bonds. The lowest BCUT2D eigenvalue weighted by molar-refractivity contribution is 0.122. The van der Waals surface area contributed by atoms with Crippen LogP contribution in [0, 0.1) is 0 Å². The normalized spacial score (nSPS) is 18.2. The lowest BCUT2D eigenvalue weighted by Gasteiger charge is -2.29. The van der Waals surface area contributed by atoms with Gasteiger partial charge in [0.1, 0.15) is 5.82 Å². The van der Waals surface area contributed by atoms with Gasteiger partial charge in [0.15, 0.2) is 0 Å². The highest BCUT2D eigenvalue weighted by Gasteiger charge is 2.20. The van der Waals surface area contributed by atoms with Crippen LogP contribution in [0.4, 0.5) is 17.7 Å². The third-order valence-corrected chi connectivity index (χ3v) is 4.39. The highest BCUT2D eigenvalue weighted by atomic mass is 16.5. The van der Waals surface area contributed by atoms with Crippen LogP contribution >= 0.6 is 0 Å². The summed E-state index contributed by atoms with van der Waals surface area (Å²) in [5, 5.41) is 0. The van der Waals surface area contributed by atoms with Crippen LogP contribution in [0.2, 0.25) is 0 Å². The predicted octanol–water partition coefficient (Wildman–Crippen LogP) is 0.953. The lowest BCUT2D eigenvalue weighted by Crippen LogP contribution is -2.37. The zero-order valence-corrected chi connectivity index (χ0v) is 13.6. The molecule has 2 aliphatic rings. The van der Waals surface area contributed by atoms with Crippen LogP contribution in [0.25, 0.3) is 11.3 Å². The molecule has 0 saturated carbocycles. The molecule has 0 radical (unpaired) electrons. The maximum atomic E-state index is 5.60. The number of hydrogen-bond donors (Lipinski definition) is 1. The maximum absolute atomic E-state index is 5.60. The quantitative estimate of drug-likeness (QED) is 0.891. The fourth-order valence-corrected chi connectivity index (χ4v) is 3.05. The third-order valence-electron chi connectivity index (χ3n) is 4.39. The Balaban J connectivity index is 1.73. The summed E-state index contributed by atoms with van der Waals surface area (Å²) in [7, 11) is 0. The van der Waals surface area contributed by atoms with Crippen molar-refractivity contribution in [2.45, 2.75) is 12.8 Å². The van der Waals surface area contributed by atoms with E-state index < -0.39 is 0 Å².